The van der Waals surface area contributed by atoms with E-state index in [-0.39, 0.29) is 12.3 Å². The van der Waals surface area contributed by atoms with Crippen molar-refractivity contribution in [3.05, 3.63) is 58.7 Å². The predicted octanol–water partition coefficient (Wildman–Crippen LogP) is 0.953. The van der Waals surface area contributed by atoms with Crippen LogP contribution >= 0.6 is 0 Å². The van der Waals surface area contributed by atoms with Gasteiger partial charge in [0, 0.05) is 11.6 Å². The molecule has 0 unspecified atom stereocenters. The molecular weight excluding hydrogens is 376 g/mol. The summed E-state index contributed by atoms with van der Waals surface area (Å²) >= 11 is 0. The number of nitrogens with zero attached hydrogens (tertiary/aromatic N) is 3. The predicted molar refractivity (Wildman–Crippen MR) is 100 cm³/mol. The fourth-order valence-corrected chi connectivity index (χ4v) is 2.94. The zero-order valence-electron chi connectivity index (χ0n) is 15.7. The largest absolute Gasteiger partial charge is 0.488 e. The maximum absolute atomic E-state index is 11.5. The number of primary amides is 1. The van der Waals surface area contributed by atoms with Crippen LogP contribution in [0.1, 0.15) is 46.2 Å². The van der Waals surface area contributed by atoms with Crippen molar-refractivity contribution in [2.75, 3.05) is 6.61 Å². The Kier molecular flexibility index (Phi) is 4.38. The first-order chi connectivity index (χ1) is 13.7. The van der Waals surface area contributed by atoms with Gasteiger partial charge in [0.15, 0.2) is 11.3 Å². The van der Waals surface area contributed by atoms with Gasteiger partial charge in [0.1, 0.15) is 35.6 Å². The third-order valence-corrected chi connectivity index (χ3v) is 4.49. The van der Waals surface area contributed by atoms with Crippen LogP contribution in [0.15, 0.2) is 34.9 Å². The van der Waals surface area contributed by atoms with E-state index in [0.717, 1.165) is 0 Å². The molecule has 1 amide bonds. The number of hydrogen-bond donors (Lipinski definition) is 3. The Labute approximate surface area is 165 Å². The molecule has 0 aliphatic carbocycles. The summed E-state index contributed by atoms with van der Waals surface area (Å²) in [6, 6.07) is 8.13. The SMILES string of the molecule is Cc1cc([C@](C)(O)C#Cc2ccc3c(c2)-n2nc(C(N)=O)cc2[C@@H](O)CO3)no1. The Morgan fingerprint density at radius 1 is 1.38 bits per heavy atom. The van der Waals surface area contributed by atoms with Crippen LogP contribution in [0.2, 0.25) is 0 Å². The second kappa shape index (κ2) is 6.77. The Morgan fingerprint density at radius 2 is 2.17 bits per heavy atom. The van der Waals surface area contributed by atoms with Crippen molar-refractivity contribution in [2.24, 2.45) is 5.73 Å². The molecule has 0 spiro atoms. The number of carbonyl (C=O) groups excluding carboxylic acids is 1. The molecule has 1 aliphatic heterocycles. The van der Waals surface area contributed by atoms with E-state index < -0.39 is 17.6 Å². The number of nitrogens with two attached hydrogens (primary N) is 1. The van der Waals surface area contributed by atoms with Crippen molar-refractivity contribution in [1.29, 1.82) is 0 Å². The molecule has 1 aliphatic rings. The monoisotopic (exact) mass is 394 g/mol. The Morgan fingerprint density at radius 3 is 2.86 bits per heavy atom. The summed E-state index contributed by atoms with van der Waals surface area (Å²) in [5.41, 5.74) is 5.60. The molecule has 2 aromatic heterocycles. The number of ether oxygens (including phenoxy) is 1. The summed E-state index contributed by atoms with van der Waals surface area (Å²) in [6.07, 6.45) is -0.978. The van der Waals surface area contributed by atoms with Crippen molar-refractivity contribution in [3.63, 3.8) is 0 Å². The highest BCUT2D eigenvalue weighted by Gasteiger charge is 2.26. The summed E-state index contributed by atoms with van der Waals surface area (Å²) in [5, 5.41) is 28.9. The van der Waals surface area contributed by atoms with E-state index in [9.17, 15) is 15.0 Å². The number of benzene rings is 1. The van der Waals surface area contributed by atoms with E-state index in [4.69, 9.17) is 15.0 Å². The standard InChI is InChI=1S/C20H18N4O5/c1-11-7-18(23-29-11)20(2,27)6-5-12-3-4-17-15(8-12)24-14(16(25)10-28-17)9-13(22-24)19(21)26/h3-4,7-9,16,25,27H,10H2,1-2H3,(H2,21,26)/t16-,20+/m0/s1. The number of aliphatic hydroxyl groups is 2. The maximum Gasteiger partial charge on any atom is 0.269 e. The van der Waals surface area contributed by atoms with Gasteiger partial charge in [-0.2, -0.15) is 5.10 Å². The van der Waals surface area contributed by atoms with Crippen LogP contribution in [0, 0.1) is 18.8 Å². The topological polar surface area (TPSA) is 137 Å². The van der Waals surface area contributed by atoms with E-state index in [1.165, 1.54) is 17.7 Å². The van der Waals surface area contributed by atoms with E-state index >= 15 is 0 Å². The first-order valence-electron chi connectivity index (χ1n) is 8.79. The molecule has 0 fully saturated rings. The number of aryl methyl sites for hydroxylation is 1. The fourth-order valence-electron chi connectivity index (χ4n) is 2.94. The van der Waals surface area contributed by atoms with Crippen LogP contribution in [-0.4, -0.2) is 37.7 Å². The maximum atomic E-state index is 11.5. The van der Waals surface area contributed by atoms with Crippen LogP contribution in [-0.2, 0) is 5.60 Å². The highest BCUT2D eigenvalue weighted by Crippen LogP contribution is 2.32. The highest BCUT2D eigenvalue weighted by molar-refractivity contribution is 5.91. The molecule has 0 radical (unpaired) electrons. The van der Waals surface area contributed by atoms with E-state index in [2.05, 4.69) is 22.1 Å². The molecule has 9 nitrogen and oxygen atoms in total. The third-order valence-electron chi connectivity index (χ3n) is 4.49. The minimum atomic E-state index is -1.51. The summed E-state index contributed by atoms with van der Waals surface area (Å²) in [5.74, 6) is 6.01. The zero-order chi connectivity index (χ0) is 20.8. The lowest BCUT2D eigenvalue weighted by Crippen LogP contribution is -2.18. The molecule has 4 N–H and O–H groups in total. The van der Waals surface area contributed by atoms with Crippen LogP contribution in [0.25, 0.3) is 5.69 Å². The molecule has 3 heterocycles. The van der Waals surface area contributed by atoms with Gasteiger partial charge in [0.05, 0.1) is 5.69 Å². The van der Waals surface area contributed by atoms with Crippen LogP contribution in [0.3, 0.4) is 0 Å². The Bertz CT molecular complexity index is 1170. The van der Waals surface area contributed by atoms with Gasteiger partial charge < -0.3 is 25.2 Å². The van der Waals surface area contributed by atoms with Crippen molar-refractivity contribution in [1.82, 2.24) is 14.9 Å². The molecule has 0 saturated heterocycles. The van der Waals surface area contributed by atoms with Crippen molar-refractivity contribution in [3.8, 4) is 23.3 Å². The first-order valence-corrected chi connectivity index (χ1v) is 8.79. The van der Waals surface area contributed by atoms with E-state index in [1.807, 2.05) is 0 Å². The second-order valence-corrected chi connectivity index (χ2v) is 6.88. The van der Waals surface area contributed by atoms with Gasteiger partial charge in [0.2, 0.25) is 0 Å². The molecule has 9 heteroatoms. The van der Waals surface area contributed by atoms with Gasteiger partial charge in [-0.15, -0.1) is 0 Å². The number of aromatic nitrogens is 3. The smallest absolute Gasteiger partial charge is 0.269 e. The number of rotatable bonds is 2. The van der Waals surface area contributed by atoms with Gasteiger partial charge in [-0.3, -0.25) is 4.79 Å². The summed E-state index contributed by atoms with van der Waals surface area (Å²) in [7, 11) is 0. The molecule has 4 rings (SSSR count). The lowest BCUT2D eigenvalue weighted by Gasteiger charge is -2.12. The van der Waals surface area contributed by atoms with Crippen LogP contribution in [0.5, 0.6) is 5.75 Å². The molecule has 2 atom stereocenters. The first kappa shape index (κ1) is 18.7. The normalized spacial score (nSPS) is 17.0. The molecule has 148 valence electrons. The molecule has 29 heavy (non-hydrogen) atoms. The van der Waals surface area contributed by atoms with Crippen molar-refractivity contribution >= 4 is 5.91 Å². The molecular formula is C20H18N4O5. The van der Waals surface area contributed by atoms with Gasteiger partial charge in [-0.05, 0) is 38.1 Å². The zero-order valence-corrected chi connectivity index (χ0v) is 15.7. The van der Waals surface area contributed by atoms with Crippen LogP contribution in [0.4, 0.5) is 0 Å². The number of aliphatic hydroxyl groups excluding tert-OH is 1. The van der Waals surface area contributed by atoms with Crippen molar-refractivity contribution < 1.29 is 24.3 Å². The minimum absolute atomic E-state index is 0.00212. The lowest BCUT2D eigenvalue weighted by atomic mass is 10.0. The molecule has 0 saturated carbocycles. The van der Waals surface area contributed by atoms with E-state index in [1.54, 1.807) is 31.2 Å². The summed E-state index contributed by atoms with van der Waals surface area (Å²) < 4.78 is 12.0. The summed E-state index contributed by atoms with van der Waals surface area (Å²) in [4.78, 5) is 11.5. The van der Waals surface area contributed by atoms with Gasteiger partial charge in [0.25, 0.3) is 5.91 Å². The Hall–Kier alpha value is -3.61. The van der Waals surface area contributed by atoms with Gasteiger partial charge in [-0.25, -0.2) is 4.68 Å². The van der Waals surface area contributed by atoms with Crippen LogP contribution < -0.4 is 10.5 Å². The molecule has 3 aromatic rings. The number of amides is 1. The lowest BCUT2D eigenvalue weighted by molar-refractivity contribution is 0.0994. The highest BCUT2D eigenvalue weighted by atomic mass is 16.5. The number of fused-ring (bicyclic) bond motifs is 3. The quantitative estimate of drug-likeness (QED) is 0.551. The number of carbonyl (C=O) groups is 1. The third kappa shape index (κ3) is 3.47. The second-order valence-electron chi connectivity index (χ2n) is 6.88. The van der Waals surface area contributed by atoms with Gasteiger partial charge in [-0.1, -0.05) is 17.0 Å². The fraction of sp³-hybridized carbons (Fsp3) is 0.250. The number of hydrogen-bond acceptors (Lipinski definition) is 7. The van der Waals surface area contributed by atoms with Gasteiger partial charge >= 0.3 is 0 Å². The molecule has 1 aromatic carbocycles. The average Bonchev–Trinajstić information content (AvgIpc) is 3.29. The summed E-state index contributed by atoms with van der Waals surface area (Å²) in [6.45, 7) is 3.25. The van der Waals surface area contributed by atoms with E-state index in [0.29, 0.717) is 34.1 Å². The Balaban J connectivity index is 1.76. The minimum Gasteiger partial charge on any atom is -0.488 e. The van der Waals surface area contributed by atoms with Crippen molar-refractivity contribution in [2.45, 2.75) is 25.6 Å². The molecule has 0 bridgehead atoms. The average molecular weight is 394 g/mol.